The Labute approximate surface area is 116 Å². The van der Waals surface area contributed by atoms with Gasteiger partial charge in [0.05, 0.1) is 12.5 Å². The van der Waals surface area contributed by atoms with Crippen LogP contribution in [0.3, 0.4) is 0 Å². The van der Waals surface area contributed by atoms with Gasteiger partial charge in [0.25, 0.3) is 0 Å². The summed E-state index contributed by atoms with van der Waals surface area (Å²) in [5.74, 6) is -0.0472. The first-order valence-electron chi connectivity index (χ1n) is 5.89. The van der Waals surface area contributed by atoms with E-state index in [0.717, 1.165) is 0 Å². The summed E-state index contributed by atoms with van der Waals surface area (Å²) < 4.78 is 0. The van der Waals surface area contributed by atoms with Crippen LogP contribution >= 0.6 is 23.2 Å². The summed E-state index contributed by atoms with van der Waals surface area (Å²) in [5.41, 5.74) is 0.652. The van der Waals surface area contributed by atoms with E-state index in [9.17, 15) is 9.90 Å². The summed E-state index contributed by atoms with van der Waals surface area (Å²) in [6.07, 6.45) is 0.378. The molecular weight excluding hydrogens is 273 g/mol. The summed E-state index contributed by atoms with van der Waals surface area (Å²) >= 11 is 12.1. The number of likely N-dealkylation sites (tertiary alicyclic amines) is 1. The lowest BCUT2D eigenvalue weighted by atomic mass is 10.1. The van der Waals surface area contributed by atoms with Crippen molar-refractivity contribution in [3.05, 3.63) is 33.8 Å². The molecule has 1 saturated heterocycles. The summed E-state index contributed by atoms with van der Waals surface area (Å²) in [4.78, 5) is 13.9. The lowest BCUT2D eigenvalue weighted by Gasteiger charge is -2.21. The van der Waals surface area contributed by atoms with Gasteiger partial charge in [-0.05, 0) is 31.0 Å². The molecule has 1 aliphatic rings. The highest BCUT2D eigenvalue weighted by molar-refractivity contribution is 6.36. The minimum absolute atomic E-state index is 0.0472. The molecule has 1 heterocycles. The van der Waals surface area contributed by atoms with Crippen molar-refractivity contribution < 1.29 is 9.90 Å². The van der Waals surface area contributed by atoms with Gasteiger partial charge in [-0.3, -0.25) is 4.79 Å². The van der Waals surface area contributed by atoms with E-state index in [4.69, 9.17) is 23.2 Å². The highest BCUT2D eigenvalue weighted by Gasteiger charge is 2.31. The van der Waals surface area contributed by atoms with Crippen LogP contribution in [0.25, 0.3) is 0 Å². The Morgan fingerprint density at radius 1 is 1.44 bits per heavy atom. The minimum atomic E-state index is -0.425. The molecular formula is C13H15Cl2NO2. The Bertz CT molecular complexity index is 444. The smallest absolute Gasteiger partial charge is 0.227 e. The summed E-state index contributed by atoms with van der Waals surface area (Å²) in [6.45, 7) is 2.32. The average molecular weight is 288 g/mol. The second-order valence-electron chi connectivity index (χ2n) is 4.66. The quantitative estimate of drug-likeness (QED) is 0.908. The van der Waals surface area contributed by atoms with Crippen LogP contribution in [0.1, 0.15) is 18.9 Å². The topological polar surface area (TPSA) is 40.5 Å². The normalized spacial score (nSPS) is 23.4. The van der Waals surface area contributed by atoms with E-state index in [1.54, 1.807) is 23.1 Å². The molecule has 0 saturated carbocycles. The van der Waals surface area contributed by atoms with Crippen LogP contribution in [-0.2, 0) is 11.2 Å². The standard InChI is InChI=1S/C13H15Cl2NO2/c1-8-5-9(17)7-16(8)13(18)6-10-11(14)3-2-4-12(10)15/h2-4,8-9,17H,5-7H2,1H3. The second kappa shape index (κ2) is 5.47. The van der Waals surface area contributed by atoms with Crippen molar-refractivity contribution >= 4 is 29.1 Å². The van der Waals surface area contributed by atoms with Crippen LogP contribution in [0.15, 0.2) is 18.2 Å². The Morgan fingerprint density at radius 2 is 2.06 bits per heavy atom. The van der Waals surface area contributed by atoms with Gasteiger partial charge in [-0.1, -0.05) is 29.3 Å². The monoisotopic (exact) mass is 287 g/mol. The van der Waals surface area contributed by atoms with E-state index < -0.39 is 6.10 Å². The molecule has 0 spiro atoms. The van der Waals surface area contributed by atoms with Crippen LogP contribution in [0.4, 0.5) is 0 Å². The number of carbonyl (C=O) groups is 1. The molecule has 2 atom stereocenters. The number of carbonyl (C=O) groups excluding carboxylic acids is 1. The van der Waals surface area contributed by atoms with Crippen molar-refractivity contribution in [2.24, 2.45) is 0 Å². The Hall–Kier alpha value is -0.770. The molecule has 1 N–H and O–H groups in total. The van der Waals surface area contributed by atoms with Gasteiger partial charge in [-0.25, -0.2) is 0 Å². The Kier molecular flexibility index (Phi) is 4.15. The van der Waals surface area contributed by atoms with Crippen LogP contribution in [0.2, 0.25) is 10.0 Å². The molecule has 3 nitrogen and oxygen atoms in total. The number of hydrogen-bond donors (Lipinski definition) is 1. The van der Waals surface area contributed by atoms with Gasteiger partial charge in [-0.2, -0.15) is 0 Å². The fourth-order valence-electron chi connectivity index (χ4n) is 2.30. The van der Waals surface area contributed by atoms with Crippen molar-refractivity contribution in [2.45, 2.75) is 31.9 Å². The minimum Gasteiger partial charge on any atom is -0.391 e. The zero-order valence-corrected chi connectivity index (χ0v) is 11.6. The van der Waals surface area contributed by atoms with Crippen molar-refractivity contribution in [3.8, 4) is 0 Å². The van der Waals surface area contributed by atoms with Gasteiger partial charge < -0.3 is 10.0 Å². The van der Waals surface area contributed by atoms with Gasteiger partial charge >= 0.3 is 0 Å². The second-order valence-corrected chi connectivity index (χ2v) is 5.48. The zero-order valence-electron chi connectivity index (χ0n) is 10.1. The van der Waals surface area contributed by atoms with Gasteiger partial charge in [-0.15, -0.1) is 0 Å². The molecule has 98 valence electrons. The Balaban J connectivity index is 2.12. The van der Waals surface area contributed by atoms with Crippen molar-refractivity contribution in [1.29, 1.82) is 0 Å². The van der Waals surface area contributed by atoms with Gasteiger partial charge in [0.1, 0.15) is 0 Å². The third kappa shape index (κ3) is 2.79. The van der Waals surface area contributed by atoms with Gasteiger partial charge in [0, 0.05) is 22.6 Å². The van der Waals surface area contributed by atoms with Crippen molar-refractivity contribution in [2.75, 3.05) is 6.54 Å². The molecule has 0 aromatic heterocycles. The van der Waals surface area contributed by atoms with Crippen molar-refractivity contribution in [1.82, 2.24) is 4.90 Å². The molecule has 1 amide bonds. The fraction of sp³-hybridized carbons (Fsp3) is 0.462. The fourth-order valence-corrected chi connectivity index (χ4v) is 2.84. The lowest BCUT2D eigenvalue weighted by Crippen LogP contribution is -2.35. The first kappa shape index (κ1) is 13.7. The molecule has 2 unspecified atom stereocenters. The third-order valence-corrected chi connectivity index (χ3v) is 3.97. The number of aliphatic hydroxyl groups excluding tert-OH is 1. The van der Waals surface area contributed by atoms with Crippen LogP contribution < -0.4 is 0 Å². The third-order valence-electron chi connectivity index (χ3n) is 3.26. The number of aliphatic hydroxyl groups is 1. The maximum absolute atomic E-state index is 12.2. The van der Waals surface area contributed by atoms with E-state index in [-0.39, 0.29) is 18.4 Å². The first-order chi connectivity index (χ1) is 8.49. The number of amides is 1. The molecule has 2 rings (SSSR count). The molecule has 1 aliphatic heterocycles. The molecule has 1 aromatic carbocycles. The van der Waals surface area contributed by atoms with E-state index in [0.29, 0.717) is 28.6 Å². The largest absolute Gasteiger partial charge is 0.391 e. The first-order valence-corrected chi connectivity index (χ1v) is 6.65. The summed E-state index contributed by atoms with van der Waals surface area (Å²) in [7, 11) is 0. The molecule has 0 aliphatic carbocycles. The number of β-amino-alcohol motifs (C(OH)–C–C–N with tert-alkyl or cyclic N) is 1. The molecule has 0 radical (unpaired) electrons. The maximum atomic E-state index is 12.2. The highest BCUT2D eigenvalue weighted by Crippen LogP contribution is 2.26. The lowest BCUT2D eigenvalue weighted by molar-refractivity contribution is -0.131. The van der Waals surface area contributed by atoms with E-state index in [1.807, 2.05) is 6.92 Å². The SMILES string of the molecule is CC1CC(O)CN1C(=O)Cc1c(Cl)cccc1Cl. The van der Waals surface area contributed by atoms with E-state index in [2.05, 4.69) is 0 Å². The summed E-state index contributed by atoms with van der Waals surface area (Å²) in [6, 6.07) is 5.26. The highest BCUT2D eigenvalue weighted by atomic mass is 35.5. The van der Waals surface area contributed by atoms with E-state index >= 15 is 0 Å². The number of hydrogen-bond acceptors (Lipinski definition) is 2. The molecule has 0 bridgehead atoms. The predicted molar refractivity (Wildman–Crippen MR) is 72.0 cm³/mol. The average Bonchev–Trinajstić information content (AvgIpc) is 2.63. The number of rotatable bonds is 2. The van der Waals surface area contributed by atoms with E-state index in [1.165, 1.54) is 0 Å². The van der Waals surface area contributed by atoms with Gasteiger partial charge in [0.2, 0.25) is 5.91 Å². The number of benzene rings is 1. The maximum Gasteiger partial charge on any atom is 0.227 e. The van der Waals surface area contributed by atoms with Crippen LogP contribution in [-0.4, -0.2) is 34.6 Å². The molecule has 1 aromatic rings. The number of halogens is 2. The predicted octanol–water partition coefficient (Wildman–Crippen LogP) is 2.52. The molecule has 5 heteroatoms. The van der Waals surface area contributed by atoms with Gasteiger partial charge in [0.15, 0.2) is 0 Å². The van der Waals surface area contributed by atoms with Crippen molar-refractivity contribution in [3.63, 3.8) is 0 Å². The summed E-state index contributed by atoms with van der Waals surface area (Å²) in [5, 5.41) is 10.6. The molecule has 1 fully saturated rings. The van der Waals surface area contributed by atoms with Crippen LogP contribution in [0.5, 0.6) is 0 Å². The zero-order chi connectivity index (χ0) is 13.3. The molecule has 18 heavy (non-hydrogen) atoms. The van der Waals surface area contributed by atoms with Crippen LogP contribution in [0, 0.1) is 0 Å². The Morgan fingerprint density at radius 3 is 2.56 bits per heavy atom. The number of nitrogens with zero attached hydrogens (tertiary/aromatic N) is 1.